The van der Waals surface area contributed by atoms with E-state index in [1.54, 1.807) is 7.05 Å². The van der Waals surface area contributed by atoms with Crippen molar-refractivity contribution >= 4 is 6.40 Å². The summed E-state index contributed by atoms with van der Waals surface area (Å²) < 4.78 is 5.09. The van der Waals surface area contributed by atoms with Crippen LogP contribution < -0.4 is 0 Å². The summed E-state index contributed by atoms with van der Waals surface area (Å²) in [5.41, 5.74) is 1.38. The first-order valence-electron chi connectivity index (χ1n) is 4.25. The lowest BCUT2D eigenvalue weighted by atomic mass is 10.1. The van der Waals surface area contributed by atoms with E-state index >= 15 is 0 Å². The highest BCUT2D eigenvalue weighted by molar-refractivity contribution is 5.47. The highest BCUT2D eigenvalue weighted by Crippen LogP contribution is 2.13. The lowest BCUT2D eigenvalue weighted by Crippen LogP contribution is -2.26. The molecule has 0 radical (unpaired) electrons. The average molecular weight is 168 g/mol. The normalized spacial score (nSPS) is 20.0. The minimum Gasteiger partial charge on any atom is -0.454 e. The van der Waals surface area contributed by atoms with E-state index in [1.807, 2.05) is 6.26 Å². The van der Waals surface area contributed by atoms with Crippen LogP contribution in [0.3, 0.4) is 0 Å². The van der Waals surface area contributed by atoms with Crippen molar-refractivity contribution in [1.29, 1.82) is 0 Å². The number of hydrogen-bond acceptors (Lipinski definition) is 3. The largest absolute Gasteiger partial charge is 0.454 e. The first kappa shape index (κ1) is 9.26. The van der Waals surface area contributed by atoms with E-state index in [9.17, 15) is 0 Å². The van der Waals surface area contributed by atoms with Crippen molar-refractivity contribution in [2.75, 3.05) is 27.2 Å². The maximum atomic E-state index is 5.09. The van der Waals surface area contributed by atoms with E-state index in [0.717, 1.165) is 25.9 Å². The van der Waals surface area contributed by atoms with Gasteiger partial charge in [-0.05, 0) is 25.5 Å². The second-order valence-electron chi connectivity index (χ2n) is 3.08. The van der Waals surface area contributed by atoms with Crippen LogP contribution in [0, 0.1) is 0 Å². The molecule has 0 saturated carbocycles. The Kier molecular flexibility index (Phi) is 3.80. The van der Waals surface area contributed by atoms with Gasteiger partial charge >= 0.3 is 0 Å². The summed E-state index contributed by atoms with van der Waals surface area (Å²) in [5, 5.41) is 0. The Bertz CT molecular complexity index is 177. The predicted molar refractivity (Wildman–Crippen MR) is 50.3 cm³/mol. The zero-order valence-corrected chi connectivity index (χ0v) is 7.79. The number of piperidine rings is 1. The highest BCUT2D eigenvalue weighted by atomic mass is 16.5. The maximum Gasteiger partial charge on any atom is 0.175 e. The first-order valence-corrected chi connectivity index (χ1v) is 4.25. The Morgan fingerprint density at radius 1 is 1.42 bits per heavy atom. The maximum absolute atomic E-state index is 5.09. The van der Waals surface area contributed by atoms with Gasteiger partial charge in [0.15, 0.2) is 6.40 Å². The molecule has 1 heterocycles. The Labute approximate surface area is 73.7 Å². The molecule has 0 N–H and O–H groups in total. The van der Waals surface area contributed by atoms with Crippen molar-refractivity contribution in [2.45, 2.75) is 12.8 Å². The quantitative estimate of drug-likeness (QED) is 0.352. The molecule has 0 atom stereocenters. The number of hydrogen-bond donors (Lipinski definition) is 0. The zero-order valence-electron chi connectivity index (χ0n) is 7.79. The van der Waals surface area contributed by atoms with Crippen LogP contribution in [0.2, 0.25) is 0 Å². The second-order valence-corrected chi connectivity index (χ2v) is 3.08. The molecule has 1 aliphatic rings. The van der Waals surface area contributed by atoms with Crippen LogP contribution in [0.4, 0.5) is 0 Å². The minimum absolute atomic E-state index is 1.12. The molecule has 3 heteroatoms. The second kappa shape index (κ2) is 4.93. The summed E-state index contributed by atoms with van der Waals surface area (Å²) in [6, 6.07) is 0. The van der Waals surface area contributed by atoms with E-state index in [4.69, 9.17) is 4.74 Å². The highest BCUT2D eigenvalue weighted by Gasteiger charge is 2.09. The monoisotopic (exact) mass is 168 g/mol. The molecule has 68 valence electrons. The molecule has 0 amide bonds. The van der Waals surface area contributed by atoms with Crippen molar-refractivity contribution in [3.63, 3.8) is 0 Å². The molecular formula is C9H16N2O. The van der Waals surface area contributed by atoms with Crippen LogP contribution in [0.1, 0.15) is 12.8 Å². The van der Waals surface area contributed by atoms with E-state index in [0.29, 0.717) is 0 Å². The van der Waals surface area contributed by atoms with Crippen LogP contribution in [0.25, 0.3) is 0 Å². The van der Waals surface area contributed by atoms with Gasteiger partial charge in [0.25, 0.3) is 0 Å². The Morgan fingerprint density at radius 3 is 2.67 bits per heavy atom. The molecule has 0 aromatic heterocycles. The number of nitrogens with zero attached hydrogens (tertiary/aromatic N) is 2. The van der Waals surface area contributed by atoms with Gasteiger partial charge in [-0.15, -0.1) is 0 Å². The fourth-order valence-electron chi connectivity index (χ4n) is 1.21. The van der Waals surface area contributed by atoms with Gasteiger partial charge < -0.3 is 9.64 Å². The first-order chi connectivity index (χ1) is 5.83. The van der Waals surface area contributed by atoms with Gasteiger partial charge in [0.1, 0.15) is 0 Å². The molecule has 12 heavy (non-hydrogen) atoms. The van der Waals surface area contributed by atoms with E-state index < -0.39 is 0 Å². The summed E-state index contributed by atoms with van der Waals surface area (Å²) >= 11 is 0. The summed E-state index contributed by atoms with van der Waals surface area (Å²) in [6.07, 6.45) is 5.52. The minimum atomic E-state index is 1.12. The Balaban J connectivity index is 2.28. The van der Waals surface area contributed by atoms with Crippen LogP contribution in [0.5, 0.6) is 0 Å². The smallest absolute Gasteiger partial charge is 0.175 e. The van der Waals surface area contributed by atoms with Crippen molar-refractivity contribution < 1.29 is 4.74 Å². The molecule has 1 saturated heterocycles. The van der Waals surface area contributed by atoms with Gasteiger partial charge in [0.2, 0.25) is 0 Å². The predicted octanol–water partition coefficient (Wildman–Crippen LogP) is 1.27. The standard InChI is InChI=1S/C9H16N2O/c1-10-8-12-7-9-3-5-11(2)6-4-9/h7-8H,3-6H2,1-2H3/b10-8+. The molecule has 0 unspecified atom stereocenters. The van der Waals surface area contributed by atoms with Crippen molar-refractivity contribution in [3.05, 3.63) is 11.8 Å². The van der Waals surface area contributed by atoms with Crippen LogP contribution in [-0.2, 0) is 4.74 Å². The fraction of sp³-hybridized carbons (Fsp3) is 0.667. The van der Waals surface area contributed by atoms with E-state index in [1.165, 1.54) is 12.0 Å². The Hall–Kier alpha value is -0.830. The molecule has 1 aliphatic heterocycles. The Morgan fingerprint density at radius 2 is 2.08 bits per heavy atom. The molecule has 3 nitrogen and oxygen atoms in total. The van der Waals surface area contributed by atoms with Crippen molar-refractivity contribution in [1.82, 2.24) is 4.90 Å². The summed E-state index contributed by atoms with van der Waals surface area (Å²) in [7, 11) is 3.85. The lowest BCUT2D eigenvalue weighted by molar-refractivity contribution is 0.307. The number of likely N-dealkylation sites (tertiary alicyclic amines) is 1. The zero-order chi connectivity index (χ0) is 8.81. The molecule has 1 fully saturated rings. The van der Waals surface area contributed by atoms with Gasteiger partial charge in [0, 0.05) is 20.1 Å². The van der Waals surface area contributed by atoms with Gasteiger partial charge in [0.05, 0.1) is 6.26 Å². The SMILES string of the molecule is C/N=C/OC=C1CCN(C)CC1. The number of aliphatic imine (C=N–C) groups is 1. The van der Waals surface area contributed by atoms with Gasteiger partial charge in [-0.2, -0.15) is 0 Å². The molecular weight excluding hydrogens is 152 g/mol. The van der Waals surface area contributed by atoms with Crippen LogP contribution in [0.15, 0.2) is 16.8 Å². The molecule has 0 bridgehead atoms. The van der Waals surface area contributed by atoms with Gasteiger partial charge in [-0.25, -0.2) is 0 Å². The summed E-state index contributed by atoms with van der Waals surface area (Å²) in [4.78, 5) is 6.06. The number of rotatable bonds is 2. The van der Waals surface area contributed by atoms with E-state index in [-0.39, 0.29) is 0 Å². The molecule has 0 aromatic rings. The van der Waals surface area contributed by atoms with Gasteiger partial charge in [-0.1, -0.05) is 0 Å². The third-order valence-corrected chi connectivity index (χ3v) is 2.03. The van der Waals surface area contributed by atoms with Crippen molar-refractivity contribution in [2.24, 2.45) is 4.99 Å². The molecule has 0 aliphatic carbocycles. The fourth-order valence-corrected chi connectivity index (χ4v) is 1.21. The molecule has 0 aromatic carbocycles. The van der Waals surface area contributed by atoms with E-state index in [2.05, 4.69) is 16.9 Å². The summed E-state index contributed by atoms with van der Waals surface area (Å²) in [5.74, 6) is 0. The van der Waals surface area contributed by atoms with Crippen LogP contribution in [-0.4, -0.2) is 38.5 Å². The average Bonchev–Trinajstić information content (AvgIpc) is 2.09. The van der Waals surface area contributed by atoms with Crippen molar-refractivity contribution in [3.8, 4) is 0 Å². The third-order valence-electron chi connectivity index (χ3n) is 2.03. The van der Waals surface area contributed by atoms with Gasteiger partial charge in [-0.3, -0.25) is 4.99 Å². The topological polar surface area (TPSA) is 24.8 Å². The lowest BCUT2D eigenvalue weighted by Gasteiger charge is -2.23. The van der Waals surface area contributed by atoms with Crippen LogP contribution >= 0.6 is 0 Å². The molecule has 1 rings (SSSR count). The molecule has 0 spiro atoms. The number of ether oxygens (including phenoxy) is 1. The summed E-state index contributed by atoms with van der Waals surface area (Å²) in [6.45, 7) is 2.27. The third kappa shape index (κ3) is 3.05.